The molecule has 0 N–H and O–H groups in total. The fourth-order valence-electron chi connectivity index (χ4n) is 1.05. The zero-order valence-electron chi connectivity index (χ0n) is 8.47. The zero-order chi connectivity index (χ0) is 11.3. The molecule has 0 fully saturated rings. The minimum atomic E-state index is 0.561. The molecule has 4 heteroatoms. The molecule has 0 aliphatic carbocycles. The van der Waals surface area contributed by atoms with Gasteiger partial charge in [0.05, 0.1) is 0 Å². The highest BCUT2D eigenvalue weighted by molar-refractivity contribution is 9.10. The van der Waals surface area contributed by atoms with Crippen molar-refractivity contribution in [2.45, 2.75) is 12.7 Å². The van der Waals surface area contributed by atoms with E-state index in [0.717, 1.165) is 26.9 Å². The minimum absolute atomic E-state index is 0.561. The third kappa shape index (κ3) is 4.99. The second kappa shape index (κ2) is 7.05. The summed E-state index contributed by atoms with van der Waals surface area (Å²) in [5, 5.41) is 0.829. The summed E-state index contributed by atoms with van der Waals surface area (Å²) in [4.78, 5) is 0. The van der Waals surface area contributed by atoms with Gasteiger partial charge < -0.3 is 0 Å². The SMILES string of the molecule is CC(CCl)CSCc1ccc(Br)cc1Cl. The van der Waals surface area contributed by atoms with Gasteiger partial charge in [-0.2, -0.15) is 11.8 Å². The van der Waals surface area contributed by atoms with Crippen LogP contribution in [0.3, 0.4) is 0 Å². The highest BCUT2D eigenvalue weighted by Gasteiger charge is 2.03. The number of rotatable bonds is 5. The first-order chi connectivity index (χ1) is 7.13. The third-order valence-electron chi connectivity index (χ3n) is 1.94. The fraction of sp³-hybridized carbons (Fsp3) is 0.455. The Hall–Kier alpha value is 0.630. The maximum absolute atomic E-state index is 6.11. The normalized spacial score (nSPS) is 12.8. The number of hydrogen-bond donors (Lipinski definition) is 0. The second-order valence-electron chi connectivity index (χ2n) is 3.51. The first-order valence-electron chi connectivity index (χ1n) is 4.71. The smallest absolute Gasteiger partial charge is 0.0457 e. The van der Waals surface area contributed by atoms with Crippen molar-refractivity contribution in [3.8, 4) is 0 Å². The predicted octanol–water partition coefficient (Wildman–Crippen LogP) is 5.21. The molecule has 84 valence electrons. The second-order valence-corrected chi connectivity index (χ2v) is 6.17. The van der Waals surface area contributed by atoms with Crippen molar-refractivity contribution in [2.24, 2.45) is 5.92 Å². The lowest BCUT2D eigenvalue weighted by atomic mass is 10.2. The molecule has 0 heterocycles. The van der Waals surface area contributed by atoms with E-state index in [0.29, 0.717) is 5.92 Å². The number of thioether (sulfide) groups is 1. The molecular weight excluding hydrogens is 315 g/mol. The van der Waals surface area contributed by atoms with Crippen molar-refractivity contribution in [1.29, 1.82) is 0 Å². The molecule has 0 amide bonds. The van der Waals surface area contributed by atoms with Gasteiger partial charge in [0.25, 0.3) is 0 Å². The summed E-state index contributed by atoms with van der Waals surface area (Å²) in [7, 11) is 0. The van der Waals surface area contributed by atoms with Gasteiger partial charge >= 0.3 is 0 Å². The number of benzene rings is 1. The fourth-order valence-corrected chi connectivity index (χ4v) is 3.22. The van der Waals surface area contributed by atoms with Crippen molar-refractivity contribution < 1.29 is 0 Å². The van der Waals surface area contributed by atoms with Crippen LogP contribution in [0.1, 0.15) is 12.5 Å². The molecule has 0 bridgehead atoms. The van der Waals surface area contributed by atoms with Gasteiger partial charge in [0.15, 0.2) is 0 Å². The molecule has 0 saturated carbocycles. The largest absolute Gasteiger partial charge is 0.157 e. The van der Waals surface area contributed by atoms with Crippen molar-refractivity contribution in [3.63, 3.8) is 0 Å². The van der Waals surface area contributed by atoms with Gasteiger partial charge in [-0.1, -0.05) is 40.5 Å². The van der Waals surface area contributed by atoms with Gasteiger partial charge in [-0.15, -0.1) is 11.6 Å². The highest BCUT2D eigenvalue weighted by Crippen LogP contribution is 2.25. The molecular formula is C11H13BrCl2S. The Kier molecular flexibility index (Phi) is 6.44. The predicted molar refractivity (Wildman–Crippen MR) is 75.2 cm³/mol. The summed E-state index contributed by atoms with van der Waals surface area (Å²) >= 11 is 17.1. The average Bonchev–Trinajstić information content (AvgIpc) is 2.21. The van der Waals surface area contributed by atoms with Gasteiger partial charge in [-0.3, -0.25) is 0 Å². The highest BCUT2D eigenvalue weighted by atomic mass is 79.9. The lowest BCUT2D eigenvalue weighted by molar-refractivity contribution is 0.759. The molecule has 0 spiro atoms. The first-order valence-corrected chi connectivity index (χ1v) is 7.57. The topological polar surface area (TPSA) is 0 Å². The molecule has 0 aromatic heterocycles. The zero-order valence-corrected chi connectivity index (χ0v) is 12.4. The molecule has 0 aliphatic heterocycles. The maximum atomic E-state index is 6.11. The van der Waals surface area contributed by atoms with Crippen LogP contribution in [0.25, 0.3) is 0 Å². The van der Waals surface area contributed by atoms with Crippen LogP contribution >= 0.6 is 50.9 Å². The summed E-state index contributed by atoms with van der Waals surface area (Å²) < 4.78 is 1.02. The molecule has 1 aromatic rings. The standard InChI is InChI=1S/C11H13BrCl2S/c1-8(5-13)6-15-7-9-2-3-10(12)4-11(9)14/h2-4,8H,5-7H2,1H3. The van der Waals surface area contributed by atoms with Gasteiger partial charge in [0.2, 0.25) is 0 Å². The van der Waals surface area contributed by atoms with E-state index >= 15 is 0 Å². The summed E-state index contributed by atoms with van der Waals surface area (Å²) in [5.41, 5.74) is 1.19. The minimum Gasteiger partial charge on any atom is -0.157 e. The summed E-state index contributed by atoms with van der Waals surface area (Å²) in [6.45, 7) is 2.16. The van der Waals surface area contributed by atoms with E-state index < -0.39 is 0 Å². The third-order valence-corrected chi connectivity index (χ3v) is 4.63. The lowest BCUT2D eigenvalue weighted by Crippen LogP contribution is -1.99. The number of alkyl halides is 1. The number of hydrogen-bond acceptors (Lipinski definition) is 1. The van der Waals surface area contributed by atoms with Crippen LogP contribution < -0.4 is 0 Å². The van der Waals surface area contributed by atoms with E-state index in [2.05, 4.69) is 28.9 Å². The lowest BCUT2D eigenvalue weighted by Gasteiger charge is -2.08. The van der Waals surface area contributed by atoms with E-state index in [1.165, 1.54) is 5.56 Å². The molecule has 1 rings (SSSR count). The van der Waals surface area contributed by atoms with Crippen LogP contribution in [0.15, 0.2) is 22.7 Å². The monoisotopic (exact) mass is 326 g/mol. The van der Waals surface area contributed by atoms with Gasteiger partial charge in [-0.25, -0.2) is 0 Å². The van der Waals surface area contributed by atoms with E-state index in [4.69, 9.17) is 23.2 Å². The van der Waals surface area contributed by atoms with E-state index in [1.807, 2.05) is 23.9 Å². The van der Waals surface area contributed by atoms with Crippen LogP contribution in [-0.4, -0.2) is 11.6 Å². The van der Waals surface area contributed by atoms with Crippen LogP contribution in [0.4, 0.5) is 0 Å². The van der Waals surface area contributed by atoms with Gasteiger partial charge in [0.1, 0.15) is 0 Å². The Morgan fingerprint density at radius 3 is 2.80 bits per heavy atom. The summed E-state index contributed by atoms with van der Waals surface area (Å²) in [5.74, 6) is 3.32. The van der Waals surface area contributed by atoms with Crippen molar-refractivity contribution >= 4 is 50.9 Å². The Bertz CT molecular complexity index is 317. The molecule has 1 unspecified atom stereocenters. The van der Waals surface area contributed by atoms with Crippen molar-refractivity contribution in [2.75, 3.05) is 11.6 Å². The maximum Gasteiger partial charge on any atom is 0.0457 e. The van der Waals surface area contributed by atoms with Gasteiger partial charge in [0, 0.05) is 21.1 Å². The summed E-state index contributed by atoms with van der Waals surface area (Å²) in [6.07, 6.45) is 0. The molecule has 15 heavy (non-hydrogen) atoms. The molecule has 0 nitrogen and oxygen atoms in total. The Balaban J connectivity index is 2.44. The molecule has 1 aromatic carbocycles. The quantitative estimate of drug-likeness (QED) is 0.669. The van der Waals surface area contributed by atoms with Crippen molar-refractivity contribution in [3.05, 3.63) is 33.3 Å². The Morgan fingerprint density at radius 1 is 1.47 bits per heavy atom. The van der Waals surface area contributed by atoms with E-state index in [-0.39, 0.29) is 0 Å². The van der Waals surface area contributed by atoms with Crippen LogP contribution in [0.2, 0.25) is 5.02 Å². The molecule has 0 saturated heterocycles. The van der Waals surface area contributed by atoms with Crippen LogP contribution in [0, 0.1) is 5.92 Å². The summed E-state index contributed by atoms with van der Waals surface area (Å²) in [6, 6.07) is 6.01. The van der Waals surface area contributed by atoms with E-state index in [1.54, 1.807) is 0 Å². The van der Waals surface area contributed by atoms with Gasteiger partial charge in [-0.05, 0) is 29.4 Å². The van der Waals surface area contributed by atoms with Crippen LogP contribution in [0.5, 0.6) is 0 Å². The molecule has 0 aliphatic rings. The van der Waals surface area contributed by atoms with E-state index in [9.17, 15) is 0 Å². The number of halogens is 3. The first kappa shape index (κ1) is 13.7. The van der Waals surface area contributed by atoms with Crippen LogP contribution in [-0.2, 0) is 5.75 Å². The molecule has 0 radical (unpaired) electrons. The Morgan fingerprint density at radius 2 is 2.20 bits per heavy atom. The average molecular weight is 328 g/mol. The van der Waals surface area contributed by atoms with Crippen molar-refractivity contribution in [1.82, 2.24) is 0 Å². The molecule has 1 atom stereocenters. The Labute approximate surface area is 114 Å².